The van der Waals surface area contributed by atoms with Gasteiger partial charge in [0.05, 0.1) is 43.6 Å². The number of aromatic carboxylic acids is 1. The number of nitrogens with one attached hydrogen (secondary N) is 4. The van der Waals surface area contributed by atoms with Gasteiger partial charge in [-0.15, -0.1) is 0 Å². The lowest BCUT2D eigenvalue weighted by Crippen LogP contribution is -2.43. The maximum Gasteiger partial charge on any atom is 0.339 e. The molecule has 0 spiro atoms. The molecule has 0 saturated carbocycles. The van der Waals surface area contributed by atoms with E-state index in [9.17, 15) is 49.7 Å². The summed E-state index contributed by atoms with van der Waals surface area (Å²) in [5.41, 5.74) is 0.560. The number of carbonyl (C=O) groups is 5. The van der Waals surface area contributed by atoms with Crippen LogP contribution in [0.3, 0.4) is 0 Å². The van der Waals surface area contributed by atoms with Crippen molar-refractivity contribution in [1.82, 2.24) is 5.32 Å². The molecule has 4 aromatic rings. The minimum Gasteiger partial charge on any atom is -0.508 e. The summed E-state index contributed by atoms with van der Waals surface area (Å²) in [6.07, 6.45) is 1.19. The van der Waals surface area contributed by atoms with Crippen LogP contribution in [-0.4, -0.2) is 70.3 Å². The second-order valence-corrected chi connectivity index (χ2v) is 11.2. The summed E-state index contributed by atoms with van der Waals surface area (Å²) in [5, 5.41) is 59.2. The number of carboxylic acids is 1. The summed E-state index contributed by atoms with van der Waals surface area (Å²) in [5.74, 6) is -6.32. The molecule has 4 amide bonds. The first-order valence-electron chi connectivity index (χ1n) is 15.5. The van der Waals surface area contributed by atoms with Gasteiger partial charge in [-0.25, -0.2) is 4.79 Å². The Balaban J connectivity index is 1.44. The summed E-state index contributed by atoms with van der Waals surface area (Å²) in [7, 11) is 2.31. The number of nitriles is 1. The quantitative estimate of drug-likeness (QED) is 0.0890. The van der Waals surface area contributed by atoms with E-state index in [1.165, 1.54) is 48.5 Å². The molecule has 0 aliphatic rings. The van der Waals surface area contributed by atoms with E-state index in [4.69, 9.17) is 9.47 Å². The number of anilines is 3. The number of rotatable bonds is 13. The predicted octanol–water partition coefficient (Wildman–Crippen LogP) is 4.46. The molecule has 272 valence electrons. The molecular formula is C37H33N5O11. The van der Waals surface area contributed by atoms with Crippen molar-refractivity contribution in [2.45, 2.75) is 19.4 Å². The maximum atomic E-state index is 13.2. The van der Waals surface area contributed by atoms with Gasteiger partial charge in [0.25, 0.3) is 17.7 Å². The normalized spacial score (nSPS) is 11.3. The molecule has 0 bridgehead atoms. The highest BCUT2D eigenvalue weighted by atomic mass is 16.5. The first-order valence-corrected chi connectivity index (χ1v) is 15.5. The van der Waals surface area contributed by atoms with Gasteiger partial charge in [-0.3, -0.25) is 19.2 Å². The van der Waals surface area contributed by atoms with Crippen LogP contribution in [0.5, 0.6) is 28.7 Å². The molecule has 1 atom stereocenters. The number of benzene rings is 4. The molecule has 0 aliphatic carbocycles. The van der Waals surface area contributed by atoms with Gasteiger partial charge in [-0.05, 0) is 79.2 Å². The van der Waals surface area contributed by atoms with Crippen LogP contribution in [-0.2, 0) is 9.59 Å². The standard InChI is InChI=1S/C37H33N5O11/c1-19(18-20-4-10-23(43)11-5-20)33(46)39-22-8-6-21(7-9-22)34(47)42-28(16-17-38)36(49)41-27-14-12-24(29(44)31(27)52-2)35(48)40-26-15-13-25(37(50)51)30(45)32(26)53-3/h4-15,18,28,43-45H,16H2,1-3H3,(H,39,46)(H,40,48)(H,41,49)(H,42,47)(H,50,51)/b19-18+/t28-/m0/s1. The summed E-state index contributed by atoms with van der Waals surface area (Å²) in [6.45, 7) is 1.61. The maximum absolute atomic E-state index is 13.2. The van der Waals surface area contributed by atoms with Crippen molar-refractivity contribution in [3.05, 3.63) is 101 Å². The predicted molar refractivity (Wildman–Crippen MR) is 191 cm³/mol. The van der Waals surface area contributed by atoms with Gasteiger partial charge >= 0.3 is 5.97 Å². The van der Waals surface area contributed by atoms with Crippen molar-refractivity contribution in [2.24, 2.45) is 0 Å². The highest BCUT2D eigenvalue weighted by molar-refractivity contribution is 6.10. The number of phenols is 3. The Morgan fingerprint density at radius 2 is 1.32 bits per heavy atom. The number of carbonyl (C=O) groups excluding carboxylic acids is 4. The number of carboxylic acid groups (broad SMARTS) is 1. The fourth-order valence-electron chi connectivity index (χ4n) is 4.88. The second-order valence-electron chi connectivity index (χ2n) is 11.2. The van der Waals surface area contributed by atoms with Crippen LogP contribution < -0.4 is 30.7 Å². The van der Waals surface area contributed by atoms with Gasteiger partial charge in [0.15, 0.2) is 23.0 Å². The van der Waals surface area contributed by atoms with Crippen molar-refractivity contribution >= 4 is 52.7 Å². The van der Waals surface area contributed by atoms with E-state index >= 15 is 0 Å². The van der Waals surface area contributed by atoms with Crippen molar-refractivity contribution in [1.29, 1.82) is 5.26 Å². The average Bonchev–Trinajstić information content (AvgIpc) is 3.12. The molecule has 4 rings (SSSR count). The van der Waals surface area contributed by atoms with Gasteiger partial charge in [0.1, 0.15) is 17.4 Å². The van der Waals surface area contributed by atoms with Crippen LogP contribution in [0.1, 0.15) is 50.0 Å². The zero-order chi connectivity index (χ0) is 38.8. The van der Waals surface area contributed by atoms with E-state index in [1.54, 1.807) is 25.1 Å². The first kappa shape index (κ1) is 38.3. The Kier molecular flexibility index (Phi) is 12.2. The van der Waals surface area contributed by atoms with Crippen molar-refractivity contribution in [3.63, 3.8) is 0 Å². The number of hydrogen-bond donors (Lipinski definition) is 8. The highest BCUT2D eigenvalue weighted by Crippen LogP contribution is 2.40. The molecule has 16 nitrogen and oxygen atoms in total. The summed E-state index contributed by atoms with van der Waals surface area (Å²) in [4.78, 5) is 63.3. The first-order chi connectivity index (χ1) is 25.3. The van der Waals surface area contributed by atoms with Gasteiger partial charge in [-0.1, -0.05) is 12.1 Å². The molecule has 0 aromatic heterocycles. The molecule has 53 heavy (non-hydrogen) atoms. The summed E-state index contributed by atoms with van der Waals surface area (Å²) >= 11 is 0. The van der Waals surface area contributed by atoms with Crippen LogP contribution in [0.4, 0.5) is 17.1 Å². The highest BCUT2D eigenvalue weighted by Gasteiger charge is 2.26. The molecule has 0 aliphatic heterocycles. The van der Waals surface area contributed by atoms with E-state index < -0.39 is 59.1 Å². The SMILES string of the molecule is COc1c(NC(=O)c2ccc(NC(=O)[C@H](CC#N)NC(=O)c3ccc(NC(=O)/C(C)=C/c4ccc(O)cc4)cc3)c(OC)c2O)ccc(C(=O)O)c1O. The Morgan fingerprint density at radius 3 is 1.89 bits per heavy atom. The van der Waals surface area contributed by atoms with E-state index in [-0.39, 0.29) is 39.8 Å². The molecule has 4 aromatic carbocycles. The van der Waals surface area contributed by atoms with E-state index in [1.807, 2.05) is 6.07 Å². The Morgan fingerprint density at radius 1 is 0.755 bits per heavy atom. The van der Waals surface area contributed by atoms with Gasteiger partial charge in [-0.2, -0.15) is 5.26 Å². The largest absolute Gasteiger partial charge is 0.508 e. The third-order valence-electron chi connectivity index (χ3n) is 7.61. The molecule has 0 saturated heterocycles. The van der Waals surface area contributed by atoms with E-state index in [0.717, 1.165) is 26.4 Å². The number of ether oxygens (including phenoxy) is 2. The molecule has 8 N–H and O–H groups in total. The second kappa shape index (κ2) is 16.9. The molecule has 0 heterocycles. The Bertz CT molecular complexity index is 2140. The zero-order valence-corrected chi connectivity index (χ0v) is 28.4. The number of methoxy groups -OCH3 is 2. The van der Waals surface area contributed by atoms with Crippen LogP contribution in [0.25, 0.3) is 6.08 Å². The van der Waals surface area contributed by atoms with Gasteiger partial charge in [0.2, 0.25) is 5.91 Å². The fourth-order valence-corrected chi connectivity index (χ4v) is 4.88. The number of aromatic hydroxyl groups is 3. The van der Waals surface area contributed by atoms with Crippen molar-refractivity contribution in [3.8, 4) is 34.8 Å². The lowest BCUT2D eigenvalue weighted by atomic mass is 10.1. The number of nitrogens with zero attached hydrogens (tertiary/aromatic N) is 1. The smallest absolute Gasteiger partial charge is 0.339 e. The van der Waals surface area contributed by atoms with E-state index in [0.29, 0.717) is 16.8 Å². The zero-order valence-electron chi connectivity index (χ0n) is 28.4. The molecule has 0 radical (unpaired) electrons. The number of phenolic OH excluding ortho intramolecular Hbond substituents is 2. The van der Waals surface area contributed by atoms with Crippen LogP contribution in [0, 0.1) is 11.3 Å². The summed E-state index contributed by atoms with van der Waals surface area (Å²) in [6, 6.07) is 17.1. The van der Waals surface area contributed by atoms with Crippen LogP contribution in [0.2, 0.25) is 0 Å². The third-order valence-corrected chi connectivity index (χ3v) is 7.61. The lowest BCUT2D eigenvalue weighted by molar-refractivity contribution is -0.118. The Labute approximate surface area is 301 Å². The fraction of sp³-hybridized carbons (Fsp3) is 0.135. The monoisotopic (exact) mass is 723 g/mol. The van der Waals surface area contributed by atoms with Crippen LogP contribution in [0.15, 0.2) is 78.4 Å². The molecular weight excluding hydrogens is 690 g/mol. The van der Waals surface area contributed by atoms with Crippen molar-refractivity contribution < 1.29 is 53.9 Å². The average molecular weight is 724 g/mol. The molecule has 16 heteroatoms. The Hall–Kier alpha value is -7.54. The lowest BCUT2D eigenvalue weighted by Gasteiger charge is -2.19. The molecule has 0 fully saturated rings. The number of amides is 4. The number of hydrogen-bond acceptors (Lipinski definition) is 11. The van der Waals surface area contributed by atoms with Gasteiger partial charge in [0, 0.05) is 16.8 Å². The summed E-state index contributed by atoms with van der Waals surface area (Å²) < 4.78 is 10.3. The van der Waals surface area contributed by atoms with Gasteiger partial charge < -0.3 is 51.2 Å². The molecule has 0 unspecified atom stereocenters. The minimum atomic E-state index is -1.43. The van der Waals surface area contributed by atoms with Crippen molar-refractivity contribution in [2.75, 3.05) is 30.2 Å². The topological polar surface area (TPSA) is 257 Å². The third kappa shape index (κ3) is 9.18. The minimum absolute atomic E-state index is 0.0968. The van der Waals surface area contributed by atoms with Crippen LogP contribution >= 0.6 is 0 Å². The van der Waals surface area contributed by atoms with E-state index in [2.05, 4.69) is 21.3 Å².